The van der Waals surface area contributed by atoms with Gasteiger partial charge in [-0.05, 0) is 42.0 Å². The zero-order valence-electron chi connectivity index (χ0n) is 12.1. The Labute approximate surface area is 124 Å². The van der Waals surface area contributed by atoms with Crippen molar-refractivity contribution in [3.8, 4) is 6.07 Å². The second kappa shape index (κ2) is 6.58. The van der Waals surface area contributed by atoms with E-state index in [-0.39, 0.29) is 5.91 Å². The number of nitrogens with one attached hydrogen (secondary N) is 1. The lowest BCUT2D eigenvalue weighted by Gasteiger charge is -2.17. The Morgan fingerprint density at radius 2 is 1.95 bits per heavy atom. The van der Waals surface area contributed by atoms with Gasteiger partial charge in [0.05, 0.1) is 11.6 Å². The summed E-state index contributed by atoms with van der Waals surface area (Å²) < 4.78 is 0. The van der Waals surface area contributed by atoms with Gasteiger partial charge in [-0.1, -0.05) is 12.1 Å². The zero-order valence-corrected chi connectivity index (χ0v) is 12.1. The van der Waals surface area contributed by atoms with E-state index in [2.05, 4.69) is 11.4 Å². The topological polar surface area (TPSA) is 56.1 Å². The van der Waals surface area contributed by atoms with Gasteiger partial charge in [-0.2, -0.15) is 5.26 Å². The predicted octanol–water partition coefficient (Wildman–Crippen LogP) is 2.87. The first kappa shape index (κ1) is 14.6. The molecular weight excluding hydrogens is 262 g/mol. The summed E-state index contributed by atoms with van der Waals surface area (Å²) in [5, 5.41) is 11.9. The summed E-state index contributed by atoms with van der Waals surface area (Å²) >= 11 is 0. The molecule has 0 heterocycles. The Kier molecular flexibility index (Phi) is 4.57. The third-order valence-electron chi connectivity index (χ3n) is 3.24. The molecule has 0 bridgehead atoms. The third-order valence-corrected chi connectivity index (χ3v) is 3.24. The molecule has 0 atom stereocenters. The first-order chi connectivity index (χ1) is 10.1. The zero-order chi connectivity index (χ0) is 15.2. The average molecular weight is 279 g/mol. The molecular formula is C17H17N3O. The van der Waals surface area contributed by atoms with E-state index in [0.717, 1.165) is 11.3 Å². The van der Waals surface area contributed by atoms with E-state index >= 15 is 0 Å². The number of amides is 1. The molecule has 2 aromatic rings. The fourth-order valence-electron chi connectivity index (χ4n) is 2.08. The third kappa shape index (κ3) is 3.61. The maximum Gasteiger partial charge on any atom is 0.253 e. The Morgan fingerprint density at radius 3 is 2.57 bits per heavy atom. The minimum atomic E-state index is -0.0417. The van der Waals surface area contributed by atoms with Crippen LogP contribution in [0.25, 0.3) is 0 Å². The van der Waals surface area contributed by atoms with Gasteiger partial charge in [0, 0.05) is 31.9 Å². The number of nitrogens with zero attached hydrogens (tertiary/aromatic N) is 2. The molecule has 1 N–H and O–H groups in total. The van der Waals surface area contributed by atoms with E-state index in [1.54, 1.807) is 36.2 Å². The fourth-order valence-corrected chi connectivity index (χ4v) is 2.08. The van der Waals surface area contributed by atoms with Crippen molar-refractivity contribution in [2.45, 2.75) is 6.54 Å². The van der Waals surface area contributed by atoms with Gasteiger partial charge in [-0.3, -0.25) is 4.79 Å². The van der Waals surface area contributed by atoms with Crippen molar-refractivity contribution in [3.63, 3.8) is 0 Å². The van der Waals surface area contributed by atoms with Gasteiger partial charge in [0.25, 0.3) is 5.91 Å². The molecule has 0 unspecified atom stereocenters. The van der Waals surface area contributed by atoms with Crippen LogP contribution in [0.15, 0.2) is 48.5 Å². The fraction of sp³-hybridized carbons (Fsp3) is 0.176. The van der Waals surface area contributed by atoms with Crippen LogP contribution in [-0.2, 0) is 6.54 Å². The van der Waals surface area contributed by atoms with Crippen LogP contribution in [0.3, 0.4) is 0 Å². The number of hydrogen-bond donors (Lipinski definition) is 1. The van der Waals surface area contributed by atoms with Crippen molar-refractivity contribution in [3.05, 3.63) is 65.2 Å². The number of carbonyl (C=O) groups excluding carboxylic acids is 1. The normalized spacial score (nSPS) is 9.76. The average Bonchev–Trinajstić information content (AvgIpc) is 2.54. The lowest BCUT2D eigenvalue weighted by Crippen LogP contribution is -2.26. The van der Waals surface area contributed by atoms with Crippen molar-refractivity contribution in [1.29, 1.82) is 5.26 Å². The van der Waals surface area contributed by atoms with Crippen LogP contribution in [0.5, 0.6) is 0 Å². The molecule has 2 rings (SSSR count). The monoisotopic (exact) mass is 279 g/mol. The van der Waals surface area contributed by atoms with Crippen molar-refractivity contribution in [1.82, 2.24) is 4.90 Å². The molecule has 106 valence electrons. The molecule has 1 amide bonds. The number of hydrogen-bond acceptors (Lipinski definition) is 3. The van der Waals surface area contributed by atoms with Gasteiger partial charge in [0.15, 0.2) is 0 Å². The van der Waals surface area contributed by atoms with Crippen LogP contribution in [0, 0.1) is 11.3 Å². The van der Waals surface area contributed by atoms with Crippen LogP contribution in [0.4, 0.5) is 5.69 Å². The van der Waals surface area contributed by atoms with Gasteiger partial charge in [0.2, 0.25) is 0 Å². The molecule has 2 aromatic carbocycles. The maximum atomic E-state index is 12.3. The standard InChI is InChI=1S/C17H17N3O/c1-19-16-8-6-15(7-9-16)17(21)20(2)12-14-5-3-4-13(10-14)11-18/h3-10,19H,12H2,1-2H3. The lowest BCUT2D eigenvalue weighted by atomic mass is 10.1. The molecule has 0 aromatic heterocycles. The van der Waals surface area contributed by atoms with E-state index in [4.69, 9.17) is 5.26 Å². The van der Waals surface area contributed by atoms with E-state index in [0.29, 0.717) is 17.7 Å². The van der Waals surface area contributed by atoms with E-state index in [9.17, 15) is 4.79 Å². The molecule has 0 aliphatic carbocycles. The molecule has 21 heavy (non-hydrogen) atoms. The van der Waals surface area contributed by atoms with Crippen LogP contribution < -0.4 is 5.32 Å². The molecule has 0 aliphatic heterocycles. The Balaban J connectivity index is 2.09. The first-order valence-electron chi connectivity index (χ1n) is 6.66. The van der Waals surface area contributed by atoms with Crippen LogP contribution >= 0.6 is 0 Å². The Bertz CT molecular complexity index is 671. The maximum absolute atomic E-state index is 12.3. The lowest BCUT2D eigenvalue weighted by molar-refractivity contribution is 0.0785. The Morgan fingerprint density at radius 1 is 1.24 bits per heavy atom. The van der Waals surface area contributed by atoms with Gasteiger partial charge in [-0.15, -0.1) is 0 Å². The van der Waals surface area contributed by atoms with E-state index in [1.165, 1.54) is 0 Å². The minimum Gasteiger partial charge on any atom is -0.388 e. The SMILES string of the molecule is CNc1ccc(C(=O)N(C)Cc2cccc(C#N)c2)cc1. The highest BCUT2D eigenvalue weighted by molar-refractivity contribution is 5.94. The minimum absolute atomic E-state index is 0.0417. The van der Waals surface area contributed by atoms with Crippen molar-refractivity contribution in [2.24, 2.45) is 0 Å². The molecule has 0 fully saturated rings. The highest BCUT2D eigenvalue weighted by atomic mass is 16.2. The highest BCUT2D eigenvalue weighted by Gasteiger charge is 2.12. The first-order valence-corrected chi connectivity index (χ1v) is 6.66. The van der Waals surface area contributed by atoms with Gasteiger partial charge in [0.1, 0.15) is 0 Å². The summed E-state index contributed by atoms with van der Waals surface area (Å²) in [7, 11) is 3.60. The van der Waals surface area contributed by atoms with Gasteiger partial charge < -0.3 is 10.2 Å². The molecule has 4 heteroatoms. The molecule has 0 spiro atoms. The summed E-state index contributed by atoms with van der Waals surface area (Å²) in [6.45, 7) is 0.474. The molecule has 4 nitrogen and oxygen atoms in total. The van der Waals surface area contributed by atoms with Gasteiger partial charge in [-0.25, -0.2) is 0 Å². The van der Waals surface area contributed by atoms with Crippen LogP contribution in [-0.4, -0.2) is 24.9 Å². The largest absolute Gasteiger partial charge is 0.388 e. The van der Waals surface area contributed by atoms with Gasteiger partial charge >= 0.3 is 0 Å². The van der Waals surface area contributed by atoms with Crippen molar-refractivity contribution < 1.29 is 4.79 Å². The Hall–Kier alpha value is -2.80. The van der Waals surface area contributed by atoms with Crippen LogP contribution in [0.2, 0.25) is 0 Å². The molecule has 0 saturated carbocycles. The van der Waals surface area contributed by atoms with E-state index < -0.39 is 0 Å². The summed E-state index contributed by atoms with van der Waals surface area (Å²) in [5.74, 6) is -0.0417. The summed E-state index contributed by atoms with van der Waals surface area (Å²) in [4.78, 5) is 14.0. The number of benzene rings is 2. The highest BCUT2D eigenvalue weighted by Crippen LogP contribution is 2.13. The molecule has 0 saturated heterocycles. The number of anilines is 1. The quantitative estimate of drug-likeness (QED) is 0.936. The second-order valence-electron chi connectivity index (χ2n) is 4.80. The summed E-state index contributed by atoms with van der Waals surface area (Å²) in [5.41, 5.74) is 3.16. The smallest absolute Gasteiger partial charge is 0.253 e. The molecule has 0 aliphatic rings. The number of rotatable bonds is 4. The number of carbonyl (C=O) groups is 1. The van der Waals surface area contributed by atoms with Crippen molar-refractivity contribution >= 4 is 11.6 Å². The van der Waals surface area contributed by atoms with E-state index in [1.807, 2.05) is 31.3 Å². The predicted molar refractivity (Wildman–Crippen MR) is 82.9 cm³/mol. The summed E-state index contributed by atoms with van der Waals surface area (Å²) in [6, 6.07) is 16.7. The summed E-state index contributed by atoms with van der Waals surface area (Å²) in [6.07, 6.45) is 0. The second-order valence-corrected chi connectivity index (χ2v) is 4.80. The number of nitriles is 1. The molecule has 0 radical (unpaired) electrons. The van der Waals surface area contributed by atoms with Crippen molar-refractivity contribution in [2.75, 3.05) is 19.4 Å². The van der Waals surface area contributed by atoms with Crippen LogP contribution in [0.1, 0.15) is 21.5 Å².